The summed E-state index contributed by atoms with van der Waals surface area (Å²) in [4.78, 5) is 0. The lowest BCUT2D eigenvalue weighted by atomic mass is 9.98. The van der Waals surface area contributed by atoms with Crippen molar-refractivity contribution in [2.24, 2.45) is 0 Å². The minimum Gasteiger partial charge on any atom is -0.479 e. The molecule has 0 bridgehead atoms. The summed E-state index contributed by atoms with van der Waals surface area (Å²) in [6.07, 6.45) is 1.06. The van der Waals surface area contributed by atoms with Gasteiger partial charge in [-0.3, -0.25) is 0 Å². The Morgan fingerprint density at radius 3 is 2.71 bits per heavy atom. The standard InChI is InChI=1S/C18H20N2O/c1-15(16-6-3-2-4-7-16)10-12-20-17-8-5-9-18(14-17)21-13-11-19/h2-9,14-15,20H,10,12-13H2,1H3. The Morgan fingerprint density at radius 2 is 1.95 bits per heavy atom. The number of nitriles is 1. The van der Waals surface area contributed by atoms with E-state index in [2.05, 4.69) is 36.5 Å². The summed E-state index contributed by atoms with van der Waals surface area (Å²) < 4.78 is 5.29. The zero-order valence-electron chi connectivity index (χ0n) is 12.3. The van der Waals surface area contributed by atoms with Crippen LogP contribution in [0.3, 0.4) is 0 Å². The van der Waals surface area contributed by atoms with Gasteiger partial charge in [-0.05, 0) is 30.0 Å². The number of anilines is 1. The normalized spacial score (nSPS) is 11.4. The van der Waals surface area contributed by atoms with E-state index in [1.807, 2.05) is 36.4 Å². The van der Waals surface area contributed by atoms with Gasteiger partial charge in [0.25, 0.3) is 0 Å². The van der Waals surface area contributed by atoms with Crippen molar-refractivity contribution < 1.29 is 4.74 Å². The molecule has 2 rings (SSSR count). The van der Waals surface area contributed by atoms with E-state index in [4.69, 9.17) is 10.00 Å². The van der Waals surface area contributed by atoms with Crippen LogP contribution in [0.15, 0.2) is 54.6 Å². The Morgan fingerprint density at radius 1 is 1.14 bits per heavy atom. The first-order chi connectivity index (χ1) is 10.3. The fraction of sp³-hybridized carbons (Fsp3) is 0.278. The van der Waals surface area contributed by atoms with Crippen molar-refractivity contribution in [3.63, 3.8) is 0 Å². The Bertz CT molecular complexity index is 590. The van der Waals surface area contributed by atoms with Gasteiger partial charge in [0, 0.05) is 18.3 Å². The molecule has 0 aliphatic carbocycles. The number of rotatable bonds is 7. The maximum atomic E-state index is 8.52. The third-order valence-corrected chi connectivity index (χ3v) is 3.41. The van der Waals surface area contributed by atoms with Crippen molar-refractivity contribution >= 4 is 5.69 Å². The Labute approximate surface area is 126 Å². The van der Waals surface area contributed by atoms with E-state index < -0.39 is 0 Å². The van der Waals surface area contributed by atoms with Crippen molar-refractivity contribution in [3.8, 4) is 11.8 Å². The molecule has 0 amide bonds. The van der Waals surface area contributed by atoms with Crippen LogP contribution >= 0.6 is 0 Å². The molecule has 3 nitrogen and oxygen atoms in total. The summed E-state index contributed by atoms with van der Waals surface area (Å²) in [7, 11) is 0. The van der Waals surface area contributed by atoms with Crippen LogP contribution in [0.5, 0.6) is 5.75 Å². The summed E-state index contributed by atoms with van der Waals surface area (Å²) >= 11 is 0. The highest BCUT2D eigenvalue weighted by molar-refractivity contribution is 5.48. The molecule has 108 valence electrons. The highest BCUT2D eigenvalue weighted by Crippen LogP contribution is 2.20. The fourth-order valence-electron chi connectivity index (χ4n) is 2.19. The smallest absolute Gasteiger partial charge is 0.174 e. The first-order valence-electron chi connectivity index (χ1n) is 7.18. The number of benzene rings is 2. The number of hydrogen-bond donors (Lipinski definition) is 1. The van der Waals surface area contributed by atoms with E-state index in [1.54, 1.807) is 0 Å². The Hall–Kier alpha value is -2.47. The molecule has 0 spiro atoms. The number of ether oxygens (including phenoxy) is 1. The largest absolute Gasteiger partial charge is 0.479 e. The minimum absolute atomic E-state index is 0.0779. The van der Waals surface area contributed by atoms with Crippen LogP contribution in [0.1, 0.15) is 24.8 Å². The van der Waals surface area contributed by atoms with Gasteiger partial charge in [0.05, 0.1) is 0 Å². The molecule has 0 aromatic heterocycles. The molecular formula is C18H20N2O. The third-order valence-electron chi connectivity index (χ3n) is 3.41. The second-order valence-corrected chi connectivity index (χ2v) is 5.00. The summed E-state index contributed by atoms with van der Waals surface area (Å²) in [5.41, 5.74) is 2.39. The molecule has 2 aromatic carbocycles. The molecule has 1 atom stereocenters. The SMILES string of the molecule is CC(CCNc1cccc(OCC#N)c1)c1ccccc1. The number of nitrogens with one attached hydrogen (secondary N) is 1. The van der Waals surface area contributed by atoms with E-state index in [0.29, 0.717) is 5.92 Å². The molecule has 0 heterocycles. The van der Waals surface area contributed by atoms with Crippen LogP contribution in [-0.4, -0.2) is 13.2 Å². The maximum Gasteiger partial charge on any atom is 0.174 e. The predicted molar refractivity (Wildman–Crippen MR) is 85.5 cm³/mol. The summed E-state index contributed by atoms with van der Waals surface area (Å²) in [6.45, 7) is 3.22. The molecule has 0 aliphatic heterocycles. The quantitative estimate of drug-likeness (QED) is 0.827. The number of hydrogen-bond acceptors (Lipinski definition) is 3. The zero-order chi connectivity index (χ0) is 14.9. The number of nitrogens with zero attached hydrogens (tertiary/aromatic N) is 1. The Balaban J connectivity index is 1.82. The molecule has 1 N–H and O–H groups in total. The van der Waals surface area contributed by atoms with E-state index in [9.17, 15) is 0 Å². The summed E-state index contributed by atoms with van der Waals surface area (Å²) in [6, 6.07) is 20.2. The highest BCUT2D eigenvalue weighted by Gasteiger charge is 2.04. The molecular weight excluding hydrogens is 260 g/mol. The van der Waals surface area contributed by atoms with Crippen LogP contribution in [-0.2, 0) is 0 Å². The van der Waals surface area contributed by atoms with Crippen molar-refractivity contribution in [1.29, 1.82) is 5.26 Å². The van der Waals surface area contributed by atoms with Gasteiger partial charge in [0.2, 0.25) is 0 Å². The van der Waals surface area contributed by atoms with Crippen molar-refractivity contribution in [1.82, 2.24) is 0 Å². The van der Waals surface area contributed by atoms with Crippen molar-refractivity contribution in [3.05, 3.63) is 60.2 Å². The van der Waals surface area contributed by atoms with E-state index in [-0.39, 0.29) is 6.61 Å². The van der Waals surface area contributed by atoms with Gasteiger partial charge >= 0.3 is 0 Å². The predicted octanol–water partition coefficient (Wildman–Crippen LogP) is 4.19. The average Bonchev–Trinajstić information content (AvgIpc) is 2.54. The van der Waals surface area contributed by atoms with Crippen molar-refractivity contribution in [2.45, 2.75) is 19.3 Å². The van der Waals surface area contributed by atoms with Gasteiger partial charge in [-0.1, -0.05) is 43.3 Å². The van der Waals surface area contributed by atoms with Crippen LogP contribution in [0.25, 0.3) is 0 Å². The monoisotopic (exact) mass is 280 g/mol. The van der Waals surface area contributed by atoms with Gasteiger partial charge in [0.15, 0.2) is 6.61 Å². The fourth-order valence-corrected chi connectivity index (χ4v) is 2.19. The summed E-state index contributed by atoms with van der Waals surface area (Å²) in [5, 5.41) is 11.9. The van der Waals surface area contributed by atoms with Gasteiger partial charge in [-0.15, -0.1) is 0 Å². The molecule has 0 aliphatic rings. The van der Waals surface area contributed by atoms with Crippen LogP contribution in [0.4, 0.5) is 5.69 Å². The maximum absolute atomic E-state index is 8.52. The lowest BCUT2D eigenvalue weighted by molar-refractivity contribution is 0.368. The third kappa shape index (κ3) is 4.85. The van der Waals surface area contributed by atoms with E-state index in [1.165, 1.54) is 5.56 Å². The minimum atomic E-state index is 0.0779. The molecule has 0 saturated carbocycles. The lowest BCUT2D eigenvalue weighted by Crippen LogP contribution is -2.06. The van der Waals surface area contributed by atoms with E-state index >= 15 is 0 Å². The first kappa shape index (κ1) is 14.9. The molecule has 2 aromatic rings. The average molecular weight is 280 g/mol. The molecule has 0 fully saturated rings. The van der Waals surface area contributed by atoms with Gasteiger partial charge in [-0.25, -0.2) is 0 Å². The molecule has 0 saturated heterocycles. The molecule has 0 radical (unpaired) electrons. The Kier molecular flexibility index (Phi) is 5.66. The van der Waals surface area contributed by atoms with Gasteiger partial charge in [0.1, 0.15) is 11.8 Å². The summed E-state index contributed by atoms with van der Waals surface area (Å²) in [5.74, 6) is 1.24. The van der Waals surface area contributed by atoms with Gasteiger partial charge < -0.3 is 10.1 Å². The van der Waals surface area contributed by atoms with E-state index in [0.717, 1.165) is 24.4 Å². The second-order valence-electron chi connectivity index (χ2n) is 5.00. The van der Waals surface area contributed by atoms with Crippen LogP contribution < -0.4 is 10.1 Å². The molecule has 1 unspecified atom stereocenters. The highest BCUT2D eigenvalue weighted by atomic mass is 16.5. The molecule has 21 heavy (non-hydrogen) atoms. The topological polar surface area (TPSA) is 45.0 Å². The zero-order valence-corrected chi connectivity index (χ0v) is 12.3. The van der Waals surface area contributed by atoms with Crippen LogP contribution in [0.2, 0.25) is 0 Å². The van der Waals surface area contributed by atoms with Crippen molar-refractivity contribution in [2.75, 3.05) is 18.5 Å². The van der Waals surface area contributed by atoms with Gasteiger partial charge in [-0.2, -0.15) is 5.26 Å². The lowest BCUT2D eigenvalue weighted by Gasteiger charge is -2.13. The van der Waals surface area contributed by atoms with Crippen LogP contribution in [0, 0.1) is 11.3 Å². The first-order valence-corrected chi connectivity index (χ1v) is 7.18. The second kappa shape index (κ2) is 7.96. The molecule has 3 heteroatoms.